The molecule has 33 heavy (non-hydrogen) atoms. The highest BCUT2D eigenvalue weighted by Gasteiger charge is 2.18. The first kappa shape index (κ1) is 25.8. The second-order valence-electron chi connectivity index (χ2n) is 6.82. The normalized spacial score (nSPS) is 13.4. The molecule has 0 aliphatic heterocycles. The third-order valence-corrected chi connectivity index (χ3v) is 5.75. The van der Waals surface area contributed by atoms with Crippen LogP contribution in [0.15, 0.2) is 36.4 Å². The zero-order valence-electron chi connectivity index (χ0n) is 18.4. The Labute approximate surface area is 192 Å². The van der Waals surface area contributed by atoms with Crippen molar-refractivity contribution in [3.63, 3.8) is 0 Å². The molecule has 0 N–H and O–H groups in total. The molecule has 180 valence electrons. The molecule has 2 aromatic carbocycles. The van der Waals surface area contributed by atoms with Gasteiger partial charge in [0, 0.05) is 10.8 Å². The molecule has 0 fully saturated rings. The van der Waals surface area contributed by atoms with Gasteiger partial charge in [-0.2, -0.15) is 0 Å². The molecule has 0 saturated heterocycles. The highest BCUT2D eigenvalue weighted by molar-refractivity contribution is 7.85. The lowest BCUT2D eigenvalue weighted by atomic mass is 9.98. The van der Waals surface area contributed by atoms with Crippen molar-refractivity contribution >= 4 is 33.7 Å². The summed E-state index contributed by atoms with van der Waals surface area (Å²) in [5, 5.41) is 11.0. The molecule has 12 heteroatoms. The zero-order valence-corrected chi connectivity index (χ0v) is 19.2. The van der Waals surface area contributed by atoms with Gasteiger partial charge < -0.3 is 18.9 Å². The van der Waals surface area contributed by atoms with E-state index in [9.17, 15) is 23.9 Å². The highest BCUT2D eigenvalue weighted by atomic mass is 32.2. The van der Waals surface area contributed by atoms with Crippen LogP contribution in [0.5, 0.6) is 5.75 Å². The molecule has 0 aliphatic rings. The van der Waals surface area contributed by atoms with Crippen molar-refractivity contribution < 1.29 is 42.7 Å². The molecule has 0 spiro atoms. The Morgan fingerprint density at radius 3 is 2.33 bits per heavy atom. The second kappa shape index (κ2) is 12.6. The predicted molar refractivity (Wildman–Crippen MR) is 118 cm³/mol. The van der Waals surface area contributed by atoms with Crippen LogP contribution < -0.4 is 4.74 Å². The molecule has 3 unspecified atom stereocenters. The Morgan fingerprint density at radius 1 is 1.03 bits per heavy atom. The Bertz CT molecular complexity index is 1010. The number of nitrogens with zero attached hydrogens (tertiary/aromatic N) is 1. The molecule has 0 aliphatic carbocycles. The summed E-state index contributed by atoms with van der Waals surface area (Å²) in [6.07, 6.45) is -2.61. The molecule has 2 rings (SSSR count). The Kier molecular flexibility index (Phi) is 9.85. The van der Waals surface area contributed by atoms with Gasteiger partial charge in [0.15, 0.2) is 0 Å². The predicted octanol–water partition coefficient (Wildman–Crippen LogP) is 2.95. The molecular formula is C21H25NO10S. The maximum absolute atomic E-state index is 12.4. The lowest BCUT2D eigenvalue weighted by Gasteiger charge is -2.13. The Balaban J connectivity index is 1.71. The Morgan fingerprint density at radius 2 is 1.67 bits per heavy atom. The number of hydrogen-bond donors (Lipinski definition) is 0. The van der Waals surface area contributed by atoms with Crippen LogP contribution in [0.4, 0.5) is 4.79 Å². The van der Waals surface area contributed by atoms with Crippen LogP contribution >= 0.6 is 0 Å². The van der Waals surface area contributed by atoms with Gasteiger partial charge in [-0.15, -0.1) is 10.1 Å². The second-order valence-corrected chi connectivity index (χ2v) is 8.52. The van der Waals surface area contributed by atoms with Gasteiger partial charge in [0.05, 0.1) is 24.5 Å². The summed E-state index contributed by atoms with van der Waals surface area (Å²) >= 11 is 0. The molecule has 2 aromatic rings. The van der Waals surface area contributed by atoms with Crippen molar-refractivity contribution in [3.05, 3.63) is 52.1 Å². The van der Waals surface area contributed by atoms with E-state index >= 15 is 0 Å². The van der Waals surface area contributed by atoms with Gasteiger partial charge >= 0.3 is 12.1 Å². The fraction of sp³-hybridized carbons (Fsp3) is 0.429. The number of esters is 1. The minimum atomic E-state index is -1.43. The van der Waals surface area contributed by atoms with Gasteiger partial charge in [-0.1, -0.05) is 24.3 Å². The maximum Gasteiger partial charge on any atom is 0.510 e. The summed E-state index contributed by atoms with van der Waals surface area (Å²) in [7, 11) is 0.182. The third kappa shape index (κ3) is 8.56. The van der Waals surface area contributed by atoms with Crippen molar-refractivity contribution in [2.24, 2.45) is 0 Å². The highest BCUT2D eigenvalue weighted by Crippen LogP contribution is 2.25. The van der Waals surface area contributed by atoms with Crippen molar-refractivity contribution in [2.45, 2.75) is 26.1 Å². The van der Waals surface area contributed by atoms with Crippen LogP contribution in [0.2, 0.25) is 0 Å². The lowest BCUT2D eigenvalue weighted by molar-refractivity contribution is -0.777. The van der Waals surface area contributed by atoms with E-state index in [1.54, 1.807) is 14.0 Å². The SMILES string of the molecule is COc1ccc2cc(C(C)C(=O)OCCS(=O)CCOC(=O)OC(C)O[N+](=O)[O-])ccc2c1. The van der Waals surface area contributed by atoms with Gasteiger partial charge in [0.2, 0.25) is 6.29 Å². The monoisotopic (exact) mass is 483 g/mol. The first-order valence-electron chi connectivity index (χ1n) is 9.93. The minimum absolute atomic E-state index is 0.0131. The fourth-order valence-electron chi connectivity index (χ4n) is 2.77. The number of ether oxygens (including phenoxy) is 4. The lowest BCUT2D eigenvalue weighted by Crippen LogP contribution is -2.23. The first-order chi connectivity index (χ1) is 15.7. The van der Waals surface area contributed by atoms with E-state index in [1.165, 1.54) is 0 Å². The van der Waals surface area contributed by atoms with Crippen LogP contribution in [0.1, 0.15) is 25.3 Å². The fourth-order valence-corrected chi connectivity index (χ4v) is 3.51. The van der Waals surface area contributed by atoms with E-state index < -0.39 is 40.2 Å². The average Bonchev–Trinajstić information content (AvgIpc) is 2.77. The number of fused-ring (bicyclic) bond motifs is 1. The van der Waals surface area contributed by atoms with Crippen LogP contribution in [0.25, 0.3) is 10.8 Å². The van der Waals surface area contributed by atoms with E-state index in [-0.39, 0.29) is 24.7 Å². The number of rotatable bonds is 12. The average molecular weight is 483 g/mol. The molecule has 0 heterocycles. The first-order valence-corrected chi connectivity index (χ1v) is 11.4. The number of carbonyl (C=O) groups is 2. The molecule has 0 radical (unpaired) electrons. The van der Waals surface area contributed by atoms with Gasteiger partial charge in [0.1, 0.15) is 19.0 Å². The van der Waals surface area contributed by atoms with E-state index in [1.807, 2.05) is 36.4 Å². The molecule has 0 amide bonds. The standard InChI is InChI=1S/C21H25NO10S/c1-14(16-4-5-18-13-19(28-3)7-6-17(18)12-16)20(23)29-8-10-33(27)11-9-30-21(24)31-15(2)32-22(25)26/h4-7,12-15H,8-11H2,1-3H3. The quantitative estimate of drug-likeness (QED) is 0.191. The van der Waals surface area contributed by atoms with Crippen LogP contribution in [-0.2, 0) is 34.6 Å². The number of methoxy groups -OCH3 is 1. The van der Waals surface area contributed by atoms with Crippen LogP contribution in [0.3, 0.4) is 0 Å². The van der Waals surface area contributed by atoms with Crippen molar-refractivity contribution in [2.75, 3.05) is 31.8 Å². The Hall–Kier alpha value is -3.41. The van der Waals surface area contributed by atoms with Gasteiger partial charge in [-0.25, -0.2) is 4.79 Å². The summed E-state index contributed by atoms with van der Waals surface area (Å²) in [6, 6.07) is 11.3. The van der Waals surface area contributed by atoms with Crippen LogP contribution in [-0.4, -0.2) is 59.5 Å². The molecule has 0 saturated carbocycles. The molecule has 0 aromatic heterocycles. The summed E-state index contributed by atoms with van der Waals surface area (Å²) < 4.78 is 31.5. The summed E-state index contributed by atoms with van der Waals surface area (Å²) in [4.78, 5) is 37.8. The third-order valence-electron chi connectivity index (χ3n) is 4.51. The smallest absolute Gasteiger partial charge is 0.497 e. The number of hydrogen-bond acceptors (Lipinski definition) is 10. The van der Waals surface area contributed by atoms with E-state index in [4.69, 9.17) is 9.47 Å². The van der Waals surface area contributed by atoms with Crippen molar-refractivity contribution in [1.82, 2.24) is 0 Å². The van der Waals surface area contributed by atoms with Gasteiger partial charge in [0.25, 0.3) is 5.09 Å². The maximum atomic E-state index is 12.4. The van der Waals surface area contributed by atoms with Gasteiger partial charge in [-0.05, 0) is 42.3 Å². The summed E-state index contributed by atoms with van der Waals surface area (Å²) in [6.45, 7) is 2.58. The van der Waals surface area contributed by atoms with E-state index in [0.29, 0.717) is 0 Å². The topological polar surface area (TPSA) is 141 Å². The molecule has 11 nitrogen and oxygen atoms in total. The summed E-state index contributed by atoms with van der Waals surface area (Å²) in [5.74, 6) is -0.155. The van der Waals surface area contributed by atoms with E-state index in [0.717, 1.165) is 29.0 Å². The number of carbonyl (C=O) groups excluding carboxylic acids is 2. The minimum Gasteiger partial charge on any atom is -0.497 e. The van der Waals surface area contributed by atoms with Crippen molar-refractivity contribution in [1.29, 1.82) is 0 Å². The zero-order chi connectivity index (χ0) is 24.4. The van der Waals surface area contributed by atoms with Crippen molar-refractivity contribution in [3.8, 4) is 5.75 Å². The summed E-state index contributed by atoms with van der Waals surface area (Å²) in [5.41, 5.74) is 0.793. The molecule has 3 atom stereocenters. The molecular weight excluding hydrogens is 458 g/mol. The van der Waals surface area contributed by atoms with Gasteiger partial charge in [-0.3, -0.25) is 13.8 Å². The van der Waals surface area contributed by atoms with Crippen LogP contribution in [0, 0.1) is 10.1 Å². The van der Waals surface area contributed by atoms with E-state index in [2.05, 4.69) is 14.3 Å². The molecule has 0 bridgehead atoms. The number of benzene rings is 2. The largest absolute Gasteiger partial charge is 0.510 e.